The van der Waals surface area contributed by atoms with Crippen LogP contribution in [0, 0.1) is 0 Å². The number of tetrazole rings is 1. The largest absolute Gasteiger partial charge is 0.283 e. The molecule has 0 unspecified atom stereocenters. The number of benzene rings is 1. The maximum atomic E-state index is 4.10. The minimum absolute atomic E-state index is 0.221. The van der Waals surface area contributed by atoms with Gasteiger partial charge in [-0.1, -0.05) is 35.4 Å². The molecular formula is C10H9N11. The summed E-state index contributed by atoms with van der Waals surface area (Å²) in [6, 6.07) is 9.31. The molecule has 0 aliphatic heterocycles. The van der Waals surface area contributed by atoms with Gasteiger partial charge in [0.15, 0.2) is 0 Å². The van der Waals surface area contributed by atoms with Crippen LogP contribution in [0.25, 0.3) is 0 Å². The third kappa shape index (κ3) is 3.28. The van der Waals surface area contributed by atoms with Crippen LogP contribution in [0.5, 0.6) is 0 Å². The van der Waals surface area contributed by atoms with Crippen LogP contribution in [0.3, 0.4) is 0 Å². The second-order valence-electron chi connectivity index (χ2n) is 3.66. The van der Waals surface area contributed by atoms with E-state index in [9.17, 15) is 0 Å². The normalized spacial score (nSPS) is 11.9. The summed E-state index contributed by atoms with van der Waals surface area (Å²) in [4.78, 5) is 3.85. The Balaban J connectivity index is 1.85. The van der Waals surface area contributed by atoms with E-state index in [2.05, 4.69) is 56.6 Å². The number of H-pyrrole nitrogens is 2. The molecule has 3 aromatic rings. The summed E-state index contributed by atoms with van der Waals surface area (Å²) in [6.07, 6.45) is 1.34. The molecule has 2 aromatic heterocycles. The molecule has 0 radical (unpaired) electrons. The molecule has 0 spiro atoms. The van der Waals surface area contributed by atoms with Gasteiger partial charge in [0.2, 0.25) is 5.84 Å². The van der Waals surface area contributed by atoms with Gasteiger partial charge in [0.05, 0.1) is 0 Å². The highest BCUT2D eigenvalue weighted by molar-refractivity contribution is 5.99. The fraction of sp³-hybridized carbons (Fsp3) is 0. The van der Waals surface area contributed by atoms with E-state index >= 15 is 0 Å². The first-order valence-corrected chi connectivity index (χ1v) is 5.81. The van der Waals surface area contributed by atoms with Crippen molar-refractivity contribution in [2.45, 2.75) is 0 Å². The molecule has 21 heavy (non-hydrogen) atoms. The summed E-state index contributed by atoms with van der Waals surface area (Å²) >= 11 is 0. The number of nitrogens with one attached hydrogen (secondary N) is 3. The fourth-order valence-corrected chi connectivity index (χ4v) is 1.39. The van der Waals surface area contributed by atoms with E-state index in [4.69, 9.17) is 0 Å². The summed E-state index contributed by atoms with van der Waals surface area (Å²) in [7, 11) is 0. The second kappa shape index (κ2) is 6.10. The number of anilines is 1. The number of nitrogens with zero attached hydrogens (tertiary/aromatic N) is 8. The lowest BCUT2D eigenvalue weighted by atomic mass is 10.2. The van der Waals surface area contributed by atoms with Crippen LogP contribution in [-0.4, -0.2) is 41.6 Å². The Hall–Kier alpha value is -3.50. The summed E-state index contributed by atoms with van der Waals surface area (Å²) in [5.41, 5.74) is 3.39. The van der Waals surface area contributed by atoms with Crippen LogP contribution in [0.15, 0.2) is 52.0 Å². The van der Waals surface area contributed by atoms with Crippen molar-refractivity contribution in [2.75, 3.05) is 5.43 Å². The molecule has 2 heterocycles. The number of hydrogen-bond donors (Lipinski definition) is 3. The molecule has 0 aliphatic rings. The Labute approximate surface area is 117 Å². The van der Waals surface area contributed by atoms with Crippen molar-refractivity contribution >= 4 is 17.7 Å². The average molecular weight is 283 g/mol. The standard InChI is InChI=1S/C10H9N11/c1-2-4-7(5-3-1)8(13-16-9-11-6-12-15-9)14-17-10-18-20-21-19-10/h1-6H,(H,11,12,15)(H2,17,18,19,20,21). The Morgan fingerprint density at radius 1 is 1.19 bits per heavy atom. The lowest BCUT2D eigenvalue weighted by molar-refractivity contribution is 0.881. The number of aromatic amines is 2. The first kappa shape index (κ1) is 12.5. The first-order chi connectivity index (χ1) is 10.4. The molecule has 0 saturated carbocycles. The quantitative estimate of drug-likeness (QED) is 0.280. The van der Waals surface area contributed by atoms with Crippen LogP contribution < -0.4 is 5.43 Å². The Morgan fingerprint density at radius 2 is 2.10 bits per heavy atom. The van der Waals surface area contributed by atoms with Crippen LogP contribution in [0.4, 0.5) is 11.9 Å². The highest BCUT2D eigenvalue weighted by atomic mass is 15.5. The molecule has 0 amide bonds. The monoisotopic (exact) mass is 283 g/mol. The molecule has 0 fully saturated rings. The van der Waals surface area contributed by atoms with E-state index in [0.29, 0.717) is 5.84 Å². The van der Waals surface area contributed by atoms with E-state index in [-0.39, 0.29) is 11.9 Å². The summed E-state index contributed by atoms with van der Waals surface area (Å²) in [5, 5.41) is 31.5. The van der Waals surface area contributed by atoms with Crippen molar-refractivity contribution in [1.82, 2.24) is 35.8 Å². The topological polar surface area (TPSA) is 145 Å². The number of aromatic nitrogens is 7. The molecule has 1 aromatic carbocycles. The van der Waals surface area contributed by atoms with Gasteiger partial charge in [-0.3, -0.25) is 0 Å². The van der Waals surface area contributed by atoms with Gasteiger partial charge in [0, 0.05) is 5.56 Å². The highest BCUT2D eigenvalue weighted by Crippen LogP contribution is 2.07. The van der Waals surface area contributed by atoms with Gasteiger partial charge >= 0.3 is 0 Å². The van der Waals surface area contributed by atoms with Gasteiger partial charge < -0.3 is 0 Å². The minimum Gasteiger partial charge on any atom is -0.242 e. The number of azo groups is 1. The molecule has 0 bridgehead atoms. The van der Waals surface area contributed by atoms with Crippen LogP contribution >= 0.6 is 0 Å². The van der Waals surface area contributed by atoms with Crippen molar-refractivity contribution in [3.8, 4) is 0 Å². The Morgan fingerprint density at radius 3 is 2.81 bits per heavy atom. The Kier molecular flexibility index (Phi) is 3.64. The van der Waals surface area contributed by atoms with Gasteiger partial charge in [0.25, 0.3) is 11.9 Å². The minimum atomic E-state index is 0.221. The zero-order chi connectivity index (χ0) is 14.3. The van der Waals surface area contributed by atoms with E-state index in [1.54, 1.807) is 0 Å². The summed E-state index contributed by atoms with van der Waals surface area (Å²) in [5.74, 6) is 0.827. The second-order valence-corrected chi connectivity index (χ2v) is 3.66. The molecule has 3 N–H and O–H groups in total. The van der Waals surface area contributed by atoms with Gasteiger partial charge in [-0.15, -0.1) is 15.3 Å². The summed E-state index contributed by atoms with van der Waals surface area (Å²) in [6.45, 7) is 0. The zero-order valence-electron chi connectivity index (χ0n) is 10.5. The van der Waals surface area contributed by atoms with Crippen molar-refractivity contribution in [1.29, 1.82) is 0 Å². The molecule has 11 nitrogen and oxygen atoms in total. The summed E-state index contributed by atoms with van der Waals surface area (Å²) < 4.78 is 0. The number of hydrazone groups is 1. The predicted molar refractivity (Wildman–Crippen MR) is 71.7 cm³/mol. The van der Waals surface area contributed by atoms with Crippen molar-refractivity contribution < 1.29 is 0 Å². The highest BCUT2D eigenvalue weighted by Gasteiger charge is 2.04. The molecular weight excluding hydrogens is 274 g/mol. The van der Waals surface area contributed by atoms with E-state index in [1.165, 1.54) is 6.33 Å². The van der Waals surface area contributed by atoms with Gasteiger partial charge in [0.1, 0.15) is 6.33 Å². The molecule has 0 saturated heterocycles. The third-order valence-corrected chi connectivity index (χ3v) is 2.28. The van der Waals surface area contributed by atoms with Crippen molar-refractivity contribution in [3.63, 3.8) is 0 Å². The average Bonchev–Trinajstić information content (AvgIpc) is 3.21. The van der Waals surface area contributed by atoms with Gasteiger partial charge in [-0.2, -0.15) is 20.4 Å². The van der Waals surface area contributed by atoms with Crippen molar-refractivity contribution in [3.05, 3.63) is 42.2 Å². The maximum absolute atomic E-state index is 4.10. The third-order valence-electron chi connectivity index (χ3n) is 2.28. The predicted octanol–water partition coefficient (Wildman–Crippen LogP) is 0.875. The van der Waals surface area contributed by atoms with E-state index in [1.807, 2.05) is 30.3 Å². The number of rotatable bonds is 4. The van der Waals surface area contributed by atoms with Gasteiger partial charge in [-0.05, 0) is 5.21 Å². The van der Waals surface area contributed by atoms with Crippen LogP contribution in [0.2, 0.25) is 0 Å². The zero-order valence-corrected chi connectivity index (χ0v) is 10.5. The lowest BCUT2D eigenvalue weighted by Crippen LogP contribution is -2.02. The van der Waals surface area contributed by atoms with Gasteiger partial charge in [-0.25, -0.2) is 10.5 Å². The van der Waals surface area contributed by atoms with E-state index in [0.717, 1.165) is 5.56 Å². The number of hydrogen-bond acceptors (Lipinski definition) is 8. The van der Waals surface area contributed by atoms with Crippen LogP contribution in [0.1, 0.15) is 5.56 Å². The molecule has 3 rings (SSSR count). The Bertz CT molecular complexity index is 714. The molecule has 104 valence electrons. The van der Waals surface area contributed by atoms with E-state index < -0.39 is 0 Å². The first-order valence-electron chi connectivity index (χ1n) is 5.81. The molecule has 11 heteroatoms. The van der Waals surface area contributed by atoms with Crippen molar-refractivity contribution in [2.24, 2.45) is 15.3 Å². The lowest BCUT2D eigenvalue weighted by Gasteiger charge is -1.99. The molecule has 0 atom stereocenters. The number of amidine groups is 1. The fourth-order valence-electron chi connectivity index (χ4n) is 1.39. The maximum Gasteiger partial charge on any atom is 0.283 e. The van der Waals surface area contributed by atoms with Crippen LogP contribution in [-0.2, 0) is 0 Å². The SMILES string of the molecule is c1ccc(C(N=Nc2ncn[nH]2)=NNc2nn[nH]n2)cc1. The smallest absolute Gasteiger partial charge is 0.242 e. The molecule has 0 aliphatic carbocycles.